The monoisotopic (exact) mass is 307 g/mol. The normalized spacial score (nSPS) is 22.8. The summed E-state index contributed by atoms with van der Waals surface area (Å²) in [6.07, 6.45) is 5.54. The Morgan fingerprint density at radius 1 is 1.38 bits per heavy atom. The van der Waals surface area contributed by atoms with Crippen LogP contribution in [0.15, 0.2) is 29.7 Å². The molecule has 1 N–H and O–H groups in total. The maximum Gasteiger partial charge on any atom is 0.307 e. The predicted molar refractivity (Wildman–Crippen MR) is 83.2 cm³/mol. The van der Waals surface area contributed by atoms with Crippen molar-refractivity contribution in [1.29, 1.82) is 0 Å². The second kappa shape index (κ2) is 6.89. The van der Waals surface area contributed by atoms with Crippen molar-refractivity contribution in [3.63, 3.8) is 0 Å². The van der Waals surface area contributed by atoms with Gasteiger partial charge >= 0.3 is 5.97 Å². The van der Waals surface area contributed by atoms with Crippen molar-refractivity contribution in [1.82, 2.24) is 4.90 Å². The van der Waals surface area contributed by atoms with Crippen molar-refractivity contribution in [2.75, 3.05) is 7.05 Å². The third-order valence-corrected chi connectivity index (χ3v) is 5.05. The van der Waals surface area contributed by atoms with Crippen LogP contribution in [-0.4, -0.2) is 35.0 Å². The highest BCUT2D eigenvalue weighted by Crippen LogP contribution is 2.28. The third kappa shape index (κ3) is 3.73. The quantitative estimate of drug-likeness (QED) is 0.851. The van der Waals surface area contributed by atoms with Crippen molar-refractivity contribution in [2.45, 2.75) is 32.2 Å². The van der Waals surface area contributed by atoms with E-state index in [4.69, 9.17) is 0 Å². The number of rotatable bonds is 5. The molecule has 0 aromatic carbocycles. The van der Waals surface area contributed by atoms with Gasteiger partial charge in [0.15, 0.2) is 0 Å². The molecular formula is C16H21NO3S. The van der Waals surface area contributed by atoms with Crippen LogP contribution >= 0.6 is 11.3 Å². The summed E-state index contributed by atoms with van der Waals surface area (Å²) in [6, 6.07) is 4.13. The van der Waals surface area contributed by atoms with Crippen molar-refractivity contribution < 1.29 is 14.7 Å². The third-order valence-electron chi connectivity index (χ3n) is 4.15. The molecule has 114 valence electrons. The summed E-state index contributed by atoms with van der Waals surface area (Å²) in [5, 5.41) is 11.3. The topological polar surface area (TPSA) is 57.6 Å². The van der Waals surface area contributed by atoms with Gasteiger partial charge in [0.05, 0.1) is 11.8 Å². The lowest BCUT2D eigenvalue weighted by Gasteiger charge is -2.32. The van der Waals surface area contributed by atoms with Crippen molar-refractivity contribution >= 4 is 23.2 Å². The number of likely N-dealkylation sites (N-methyl/N-ethyl adjacent to an activating group) is 1. The van der Waals surface area contributed by atoms with Gasteiger partial charge in [0, 0.05) is 24.4 Å². The van der Waals surface area contributed by atoms with Gasteiger partial charge in [0.25, 0.3) is 0 Å². The summed E-state index contributed by atoms with van der Waals surface area (Å²) in [5.74, 6) is -1.98. The Hall–Kier alpha value is -1.62. The maximum atomic E-state index is 12.6. The fourth-order valence-corrected chi connectivity index (χ4v) is 3.52. The Balaban J connectivity index is 2.03. The lowest BCUT2D eigenvalue weighted by Crippen LogP contribution is -2.44. The van der Waals surface area contributed by atoms with Crippen LogP contribution in [0.2, 0.25) is 0 Å². The van der Waals surface area contributed by atoms with E-state index in [0.29, 0.717) is 12.8 Å². The Bertz CT molecular complexity index is 524. The molecular weight excluding hydrogens is 286 g/mol. The molecule has 0 saturated carbocycles. The van der Waals surface area contributed by atoms with E-state index in [1.54, 1.807) is 23.3 Å². The van der Waals surface area contributed by atoms with Crippen molar-refractivity contribution in [3.05, 3.63) is 34.5 Å². The van der Waals surface area contributed by atoms with Crippen LogP contribution in [0.1, 0.15) is 24.6 Å². The first-order chi connectivity index (χ1) is 10.0. The van der Waals surface area contributed by atoms with E-state index < -0.39 is 17.8 Å². The smallest absolute Gasteiger partial charge is 0.307 e. The maximum absolute atomic E-state index is 12.6. The number of carboxylic acid groups (broad SMARTS) is 1. The molecule has 1 aromatic heterocycles. The summed E-state index contributed by atoms with van der Waals surface area (Å²) < 4.78 is 0. The molecule has 1 heterocycles. The van der Waals surface area contributed by atoms with Gasteiger partial charge in [-0.05, 0) is 31.2 Å². The van der Waals surface area contributed by atoms with Gasteiger partial charge in [-0.3, -0.25) is 9.59 Å². The number of allylic oxidation sites excluding steroid dienone is 2. The van der Waals surface area contributed by atoms with Crippen molar-refractivity contribution in [3.8, 4) is 0 Å². The molecule has 1 aliphatic carbocycles. The van der Waals surface area contributed by atoms with E-state index in [1.165, 1.54) is 4.88 Å². The molecule has 1 amide bonds. The van der Waals surface area contributed by atoms with Crippen LogP contribution in [-0.2, 0) is 16.0 Å². The molecule has 0 fully saturated rings. The van der Waals surface area contributed by atoms with Gasteiger partial charge in [-0.15, -0.1) is 11.3 Å². The van der Waals surface area contributed by atoms with E-state index in [9.17, 15) is 14.7 Å². The standard InChI is InChI=1S/C16H21NO3S/c1-11(10-12-6-5-9-21-12)17(2)15(18)13-7-3-4-8-14(13)16(19)20/h3-6,9,11,13-14H,7-8,10H2,1-2H3,(H,19,20)/t11?,13-,14+/m1/s1. The van der Waals surface area contributed by atoms with Gasteiger partial charge < -0.3 is 10.0 Å². The lowest BCUT2D eigenvalue weighted by molar-refractivity contribution is -0.150. The molecule has 0 aliphatic heterocycles. The number of amides is 1. The number of hydrogen-bond acceptors (Lipinski definition) is 3. The molecule has 5 heteroatoms. The van der Waals surface area contributed by atoms with Crippen LogP contribution in [0.25, 0.3) is 0 Å². The van der Waals surface area contributed by atoms with E-state index in [0.717, 1.165) is 6.42 Å². The Kier molecular flexibility index (Phi) is 5.17. The molecule has 0 radical (unpaired) electrons. The highest BCUT2D eigenvalue weighted by molar-refractivity contribution is 7.09. The van der Waals surface area contributed by atoms with Crippen LogP contribution in [0.3, 0.4) is 0 Å². The summed E-state index contributed by atoms with van der Waals surface area (Å²) in [4.78, 5) is 26.9. The Labute approximate surface area is 129 Å². The number of carboxylic acids is 1. The zero-order chi connectivity index (χ0) is 15.4. The minimum atomic E-state index is -0.878. The number of carbonyl (C=O) groups is 2. The average Bonchev–Trinajstić information content (AvgIpc) is 2.98. The van der Waals surface area contributed by atoms with Crippen molar-refractivity contribution in [2.24, 2.45) is 11.8 Å². The largest absolute Gasteiger partial charge is 0.481 e. The van der Waals surface area contributed by atoms with E-state index in [2.05, 4.69) is 6.07 Å². The molecule has 4 nitrogen and oxygen atoms in total. The van der Waals surface area contributed by atoms with Gasteiger partial charge in [0.2, 0.25) is 5.91 Å². The van der Waals surface area contributed by atoms with Crippen LogP contribution in [0.5, 0.6) is 0 Å². The SMILES string of the molecule is CC(Cc1cccs1)N(C)C(=O)[C@@H]1CC=CC[C@@H]1C(=O)O. The fourth-order valence-electron chi connectivity index (χ4n) is 2.70. The lowest BCUT2D eigenvalue weighted by atomic mass is 9.82. The second-order valence-electron chi connectivity index (χ2n) is 5.58. The molecule has 3 atom stereocenters. The molecule has 2 rings (SSSR count). The minimum Gasteiger partial charge on any atom is -0.481 e. The van der Waals surface area contributed by atoms with Crippen LogP contribution in [0, 0.1) is 11.8 Å². The highest BCUT2D eigenvalue weighted by atomic mass is 32.1. The number of carbonyl (C=O) groups excluding carboxylic acids is 1. The van der Waals surface area contributed by atoms with Gasteiger partial charge in [-0.2, -0.15) is 0 Å². The van der Waals surface area contributed by atoms with Crippen LogP contribution < -0.4 is 0 Å². The summed E-state index contributed by atoms with van der Waals surface area (Å²) in [5.41, 5.74) is 0. The molecule has 1 unspecified atom stereocenters. The number of hydrogen-bond donors (Lipinski definition) is 1. The molecule has 0 spiro atoms. The number of nitrogens with zero attached hydrogens (tertiary/aromatic N) is 1. The first-order valence-electron chi connectivity index (χ1n) is 7.17. The molecule has 1 aromatic rings. The van der Waals surface area contributed by atoms with E-state index in [1.807, 2.05) is 30.5 Å². The highest BCUT2D eigenvalue weighted by Gasteiger charge is 2.36. The zero-order valence-corrected chi connectivity index (χ0v) is 13.2. The average molecular weight is 307 g/mol. The number of aliphatic carboxylic acids is 1. The first-order valence-corrected chi connectivity index (χ1v) is 8.05. The van der Waals surface area contributed by atoms with E-state index in [-0.39, 0.29) is 11.9 Å². The van der Waals surface area contributed by atoms with Gasteiger partial charge in [-0.1, -0.05) is 18.2 Å². The number of thiophene rings is 1. The van der Waals surface area contributed by atoms with Gasteiger partial charge in [-0.25, -0.2) is 0 Å². The van der Waals surface area contributed by atoms with E-state index >= 15 is 0 Å². The molecule has 0 saturated heterocycles. The fraction of sp³-hybridized carbons (Fsp3) is 0.500. The second-order valence-corrected chi connectivity index (χ2v) is 6.61. The zero-order valence-electron chi connectivity index (χ0n) is 12.4. The minimum absolute atomic E-state index is 0.0594. The Morgan fingerprint density at radius 2 is 2.05 bits per heavy atom. The van der Waals surface area contributed by atoms with Gasteiger partial charge in [0.1, 0.15) is 0 Å². The Morgan fingerprint density at radius 3 is 2.62 bits per heavy atom. The predicted octanol–water partition coefficient (Wildman–Crippen LogP) is 2.80. The first kappa shape index (κ1) is 15.8. The molecule has 1 aliphatic rings. The summed E-state index contributed by atoms with van der Waals surface area (Å²) >= 11 is 1.68. The molecule has 21 heavy (non-hydrogen) atoms. The summed E-state index contributed by atoms with van der Waals surface area (Å²) in [7, 11) is 1.78. The van der Waals surface area contributed by atoms with Crippen LogP contribution in [0.4, 0.5) is 0 Å². The molecule has 0 bridgehead atoms. The summed E-state index contributed by atoms with van der Waals surface area (Å²) in [6.45, 7) is 2.01.